The highest BCUT2D eigenvalue weighted by Gasteiger charge is 2.12. The number of H-pyrrole nitrogens is 1. The first-order chi connectivity index (χ1) is 8.59. The van der Waals surface area contributed by atoms with E-state index in [1.54, 1.807) is 4.68 Å². The van der Waals surface area contributed by atoms with E-state index < -0.39 is 0 Å². The second-order valence-electron chi connectivity index (χ2n) is 5.12. The van der Waals surface area contributed by atoms with Gasteiger partial charge in [0.05, 0.1) is 5.69 Å². The van der Waals surface area contributed by atoms with Crippen molar-refractivity contribution in [2.75, 3.05) is 0 Å². The van der Waals surface area contributed by atoms with Gasteiger partial charge in [-0.2, -0.15) is 0 Å². The van der Waals surface area contributed by atoms with Crippen LogP contribution in [0, 0.1) is 12.8 Å². The smallest absolute Gasteiger partial charge is 0.274 e. The van der Waals surface area contributed by atoms with Gasteiger partial charge in [-0.25, -0.2) is 4.68 Å². The maximum Gasteiger partial charge on any atom is 0.274 e. The van der Waals surface area contributed by atoms with Crippen LogP contribution in [0.4, 0.5) is 0 Å². The van der Waals surface area contributed by atoms with Crippen LogP contribution in [-0.4, -0.2) is 9.78 Å². The fourth-order valence-corrected chi connectivity index (χ4v) is 2.07. The van der Waals surface area contributed by atoms with Crippen molar-refractivity contribution in [3.05, 3.63) is 51.9 Å². The molecule has 0 aliphatic carbocycles. The van der Waals surface area contributed by atoms with Gasteiger partial charge >= 0.3 is 0 Å². The van der Waals surface area contributed by atoms with E-state index in [1.165, 1.54) is 0 Å². The van der Waals surface area contributed by atoms with Crippen molar-refractivity contribution in [1.29, 1.82) is 0 Å². The molecule has 0 amide bonds. The average Bonchev–Trinajstić information content (AvgIpc) is 2.63. The minimum atomic E-state index is 0.0827. The number of hydrogen-bond donors (Lipinski definition) is 1. The van der Waals surface area contributed by atoms with Crippen molar-refractivity contribution in [3.8, 4) is 5.69 Å². The fraction of sp³-hybridized carbons (Fsp3) is 0.400. The third kappa shape index (κ3) is 2.55. The van der Waals surface area contributed by atoms with Gasteiger partial charge in [-0.15, -0.1) is 0 Å². The maximum atomic E-state index is 12.3. The van der Waals surface area contributed by atoms with Crippen LogP contribution in [0.3, 0.4) is 0 Å². The minimum absolute atomic E-state index is 0.0827. The number of nitrogens with zero attached hydrogens (tertiary/aromatic N) is 1. The summed E-state index contributed by atoms with van der Waals surface area (Å²) in [6.07, 6.45) is 1.89. The summed E-state index contributed by atoms with van der Waals surface area (Å²) in [6.45, 7) is 6.33. The molecule has 0 fully saturated rings. The molecule has 2 aromatic rings. The molecule has 0 bridgehead atoms. The first kappa shape index (κ1) is 12.7. The highest BCUT2D eigenvalue weighted by Crippen LogP contribution is 2.11. The predicted octanol–water partition coefficient (Wildman–Crippen LogP) is 3.06. The van der Waals surface area contributed by atoms with Crippen LogP contribution in [0.1, 0.15) is 31.5 Å². The van der Waals surface area contributed by atoms with E-state index in [-0.39, 0.29) is 5.56 Å². The number of aryl methyl sites for hydroxylation is 1. The van der Waals surface area contributed by atoms with Gasteiger partial charge in [0.25, 0.3) is 5.56 Å². The molecule has 1 heterocycles. The molecule has 3 heteroatoms. The highest BCUT2D eigenvalue weighted by atomic mass is 16.1. The van der Waals surface area contributed by atoms with Gasteiger partial charge < -0.3 is 0 Å². The fourth-order valence-electron chi connectivity index (χ4n) is 2.07. The summed E-state index contributed by atoms with van der Waals surface area (Å²) >= 11 is 0. The normalized spacial score (nSPS) is 11.1. The molecule has 0 unspecified atom stereocenters. The monoisotopic (exact) mass is 244 g/mol. The molecule has 96 valence electrons. The van der Waals surface area contributed by atoms with Gasteiger partial charge in [0.1, 0.15) is 0 Å². The zero-order chi connectivity index (χ0) is 13.1. The van der Waals surface area contributed by atoms with Crippen molar-refractivity contribution < 1.29 is 0 Å². The Labute approximate surface area is 107 Å². The second kappa shape index (κ2) is 5.25. The van der Waals surface area contributed by atoms with E-state index in [9.17, 15) is 4.79 Å². The number of rotatable bonds is 4. The summed E-state index contributed by atoms with van der Waals surface area (Å²) in [5.74, 6) is 0.615. The third-order valence-electron chi connectivity index (χ3n) is 3.18. The van der Waals surface area contributed by atoms with Gasteiger partial charge in [0.2, 0.25) is 0 Å². The molecule has 1 aromatic carbocycles. The van der Waals surface area contributed by atoms with Crippen molar-refractivity contribution in [2.45, 2.75) is 33.6 Å². The van der Waals surface area contributed by atoms with Gasteiger partial charge in [0, 0.05) is 11.3 Å². The molecular formula is C15H20N2O. The van der Waals surface area contributed by atoms with Crippen molar-refractivity contribution in [3.63, 3.8) is 0 Å². The molecule has 0 spiro atoms. The largest absolute Gasteiger partial charge is 0.295 e. The average molecular weight is 244 g/mol. The number of aromatic nitrogens is 2. The summed E-state index contributed by atoms with van der Waals surface area (Å²) in [7, 11) is 0. The number of aromatic amines is 1. The van der Waals surface area contributed by atoms with Crippen LogP contribution < -0.4 is 5.56 Å². The van der Waals surface area contributed by atoms with Gasteiger partial charge in [-0.1, -0.05) is 32.0 Å². The molecule has 0 aliphatic heterocycles. The standard InChI is InChI=1S/C15H20N2O/c1-11(2)9-10-14-12(3)16-17(15(14)18)13-7-5-4-6-8-13/h4-8,11,16H,9-10H2,1-3H3. The maximum absolute atomic E-state index is 12.3. The molecule has 18 heavy (non-hydrogen) atoms. The summed E-state index contributed by atoms with van der Waals surface area (Å²) in [5.41, 5.74) is 2.86. The number of hydrogen-bond acceptors (Lipinski definition) is 1. The zero-order valence-corrected chi connectivity index (χ0v) is 11.2. The van der Waals surface area contributed by atoms with E-state index in [0.29, 0.717) is 5.92 Å². The lowest BCUT2D eigenvalue weighted by molar-refractivity contribution is 0.584. The Morgan fingerprint density at radius 1 is 1.22 bits per heavy atom. The summed E-state index contributed by atoms with van der Waals surface area (Å²) in [6, 6.07) is 9.69. The van der Waals surface area contributed by atoms with Gasteiger partial charge in [-0.05, 0) is 37.8 Å². The molecule has 0 atom stereocenters. The molecule has 2 rings (SSSR count). The van der Waals surface area contributed by atoms with E-state index in [0.717, 1.165) is 29.8 Å². The predicted molar refractivity (Wildman–Crippen MR) is 74.3 cm³/mol. The molecule has 3 nitrogen and oxygen atoms in total. The van der Waals surface area contributed by atoms with Crippen molar-refractivity contribution in [2.24, 2.45) is 5.92 Å². The number of benzene rings is 1. The minimum Gasteiger partial charge on any atom is -0.295 e. The molecule has 0 saturated heterocycles. The van der Waals surface area contributed by atoms with Gasteiger partial charge in [0.15, 0.2) is 0 Å². The van der Waals surface area contributed by atoms with E-state index >= 15 is 0 Å². The summed E-state index contributed by atoms with van der Waals surface area (Å²) < 4.78 is 1.63. The van der Waals surface area contributed by atoms with Crippen molar-refractivity contribution >= 4 is 0 Å². The molecule has 1 N–H and O–H groups in total. The lowest BCUT2D eigenvalue weighted by atomic mass is 10.0. The first-order valence-corrected chi connectivity index (χ1v) is 6.45. The van der Waals surface area contributed by atoms with Crippen LogP contribution >= 0.6 is 0 Å². The molecule has 0 radical (unpaired) electrons. The quantitative estimate of drug-likeness (QED) is 0.882. The number of para-hydroxylation sites is 1. The lowest BCUT2D eigenvalue weighted by Gasteiger charge is -2.02. The molecule has 0 saturated carbocycles. The Bertz CT molecular complexity index is 564. The summed E-state index contributed by atoms with van der Waals surface area (Å²) in [4.78, 5) is 12.3. The Morgan fingerprint density at radius 2 is 1.89 bits per heavy atom. The van der Waals surface area contributed by atoms with Crippen LogP contribution in [0.2, 0.25) is 0 Å². The molecular weight excluding hydrogens is 224 g/mol. The van der Waals surface area contributed by atoms with Crippen LogP contribution in [0.5, 0.6) is 0 Å². The SMILES string of the molecule is Cc1[nH]n(-c2ccccc2)c(=O)c1CCC(C)C. The highest BCUT2D eigenvalue weighted by molar-refractivity contribution is 5.32. The summed E-state index contributed by atoms with van der Waals surface area (Å²) in [5, 5.41) is 3.16. The van der Waals surface area contributed by atoms with E-state index in [4.69, 9.17) is 0 Å². The van der Waals surface area contributed by atoms with E-state index in [1.807, 2.05) is 37.3 Å². The van der Waals surface area contributed by atoms with Crippen LogP contribution in [0.15, 0.2) is 35.1 Å². The Balaban J connectivity index is 2.35. The molecule has 1 aromatic heterocycles. The topological polar surface area (TPSA) is 37.8 Å². The number of nitrogens with one attached hydrogen (secondary N) is 1. The van der Waals surface area contributed by atoms with E-state index in [2.05, 4.69) is 18.9 Å². The zero-order valence-electron chi connectivity index (χ0n) is 11.2. The van der Waals surface area contributed by atoms with Gasteiger partial charge in [-0.3, -0.25) is 9.89 Å². The molecule has 0 aliphatic rings. The Kier molecular flexibility index (Phi) is 3.70. The van der Waals surface area contributed by atoms with Crippen LogP contribution in [-0.2, 0) is 6.42 Å². The van der Waals surface area contributed by atoms with Crippen molar-refractivity contribution in [1.82, 2.24) is 9.78 Å². The third-order valence-corrected chi connectivity index (χ3v) is 3.18. The second-order valence-corrected chi connectivity index (χ2v) is 5.12. The lowest BCUT2D eigenvalue weighted by Crippen LogP contribution is -2.17. The van der Waals surface area contributed by atoms with Crippen LogP contribution in [0.25, 0.3) is 5.69 Å². The first-order valence-electron chi connectivity index (χ1n) is 6.45. The Hall–Kier alpha value is -1.77. The Morgan fingerprint density at radius 3 is 2.50 bits per heavy atom.